The van der Waals surface area contributed by atoms with Gasteiger partial charge < -0.3 is 4.74 Å². The Hall–Kier alpha value is -2.35. The lowest BCUT2D eigenvalue weighted by Crippen LogP contribution is -2.04. The Labute approximate surface area is 126 Å². The standard InChI is InChI=1S/C19H20O2/c1-2-18(15-9-12-16-10-5-3-6-11-16)21-19(20)17-13-7-4-8-14-17/h3-8,10-11,13-15H,2,9,12H2,1H3/b18-15+. The molecule has 0 aliphatic rings. The van der Waals surface area contributed by atoms with Gasteiger partial charge in [0.15, 0.2) is 0 Å². The number of esters is 1. The molecule has 0 atom stereocenters. The van der Waals surface area contributed by atoms with E-state index in [1.54, 1.807) is 12.1 Å². The maximum absolute atomic E-state index is 12.0. The molecular formula is C19H20O2. The summed E-state index contributed by atoms with van der Waals surface area (Å²) in [5, 5.41) is 0. The highest BCUT2D eigenvalue weighted by Gasteiger charge is 2.08. The van der Waals surface area contributed by atoms with Crippen molar-refractivity contribution < 1.29 is 9.53 Å². The molecule has 2 nitrogen and oxygen atoms in total. The van der Waals surface area contributed by atoms with Crippen molar-refractivity contribution in [2.24, 2.45) is 0 Å². The third-order valence-electron chi connectivity index (χ3n) is 3.23. The number of allylic oxidation sites excluding steroid dienone is 2. The number of rotatable bonds is 6. The molecule has 0 saturated carbocycles. The summed E-state index contributed by atoms with van der Waals surface area (Å²) < 4.78 is 5.45. The maximum Gasteiger partial charge on any atom is 0.343 e. The number of ether oxygens (including phenoxy) is 1. The number of carbonyl (C=O) groups is 1. The molecule has 0 spiro atoms. The molecule has 0 unspecified atom stereocenters. The summed E-state index contributed by atoms with van der Waals surface area (Å²) in [6.07, 6.45) is 4.55. The van der Waals surface area contributed by atoms with Crippen LogP contribution < -0.4 is 0 Å². The van der Waals surface area contributed by atoms with Gasteiger partial charge in [-0.3, -0.25) is 0 Å². The van der Waals surface area contributed by atoms with E-state index in [4.69, 9.17) is 4.74 Å². The summed E-state index contributed by atoms with van der Waals surface area (Å²) in [6.45, 7) is 1.99. The van der Waals surface area contributed by atoms with E-state index < -0.39 is 0 Å². The van der Waals surface area contributed by atoms with Crippen LogP contribution in [0.2, 0.25) is 0 Å². The minimum atomic E-state index is -0.289. The van der Waals surface area contributed by atoms with Gasteiger partial charge in [-0.15, -0.1) is 0 Å². The summed E-state index contributed by atoms with van der Waals surface area (Å²) in [6, 6.07) is 19.4. The first-order valence-electron chi connectivity index (χ1n) is 7.29. The first kappa shape index (κ1) is 15.0. The van der Waals surface area contributed by atoms with Crippen LogP contribution >= 0.6 is 0 Å². The van der Waals surface area contributed by atoms with Crippen LogP contribution in [0.3, 0.4) is 0 Å². The SMILES string of the molecule is CC/C(=C\CCc1ccccc1)OC(=O)c1ccccc1. The van der Waals surface area contributed by atoms with Gasteiger partial charge in [0.1, 0.15) is 5.76 Å². The molecule has 0 fully saturated rings. The Morgan fingerprint density at radius 1 is 1.00 bits per heavy atom. The fourth-order valence-electron chi connectivity index (χ4n) is 2.05. The molecule has 0 aromatic heterocycles. The molecule has 0 amide bonds. The summed E-state index contributed by atoms with van der Waals surface area (Å²) >= 11 is 0. The molecule has 2 heteroatoms. The fourth-order valence-corrected chi connectivity index (χ4v) is 2.05. The lowest BCUT2D eigenvalue weighted by Gasteiger charge is -2.07. The Kier molecular flexibility index (Phi) is 5.77. The first-order valence-corrected chi connectivity index (χ1v) is 7.29. The van der Waals surface area contributed by atoms with Crippen LogP contribution in [0.25, 0.3) is 0 Å². The molecule has 0 radical (unpaired) electrons. The monoisotopic (exact) mass is 280 g/mol. The molecule has 2 aromatic carbocycles. The molecule has 0 aliphatic heterocycles. The van der Waals surface area contributed by atoms with E-state index in [1.807, 2.05) is 49.4 Å². The minimum absolute atomic E-state index is 0.289. The van der Waals surface area contributed by atoms with E-state index in [0.717, 1.165) is 18.6 Å². The zero-order valence-electron chi connectivity index (χ0n) is 12.3. The number of hydrogen-bond donors (Lipinski definition) is 0. The second-order valence-corrected chi connectivity index (χ2v) is 4.80. The molecule has 0 aliphatic carbocycles. The smallest absolute Gasteiger partial charge is 0.343 e. The van der Waals surface area contributed by atoms with Crippen LogP contribution in [-0.4, -0.2) is 5.97 Å². The van der Waals surface area contributed by atoms with Gasteiger partial charge in [0, 0.05) is 6.42 Å². The van der Waals surface area contributed by atoms with Gasteiger partial charge in [0.25, 0.3) is 0 Å². The zero-order chi connectivity index (χ0) is 14.9. The van der Waals surface area contributed by atoms with E-state index in [2.05, 4.69) is 12.1 Å². The molecule has 21 heavy (non-hydrogen) atoms. The van der Waals surface area contributed by atoms with Crippen LogP contribution in [0, 0.1) is 0 Å². The first-order chi connectivity index (χ1) is 10.3. The quantitative estimate of drug-likeness (QED) is 0.563. The van der Waals surface area contributed by atoms with Gasteiger partial charge in [-0.05, 0) is 36.6 Å². The second kappa shape index (κ2) is 8.05. The van der Waals surface area contributed by atoms with E-state index in [1.165, 1.54) is 5.56 Å². The van der Waals surface area contributed by atoms with Gasteiger partial charge in [-0.2, -0.15) is 0 Å². The van der Waals surface area contributed by atoms with Gasteiger partial charge in [0.2, 0.25) is 0 Å². The molecule has 2 aromatic rings. The lowest BCUT2D eigenvalue weighted by molar-refractivity contribution is 0.0615. The predicted molar refractivity (Wildman–Crippen MR) is 85.0 cm³/mol. The van der Waals surface area contributed by atoms with Crippen molar-refractivity contribution in [2.45, 2.75) is 26.2 Å². The summed E-state index contributed by atoms with van der Waals surface area (Å²) in [5.74, 6) is 0.447. The molecule has 0 heterocycles. The molecular weight excluding hydrogens is 260 g/mol. The topological polar surface area (TPSA) is 26.3 Å². The number of benzene rings is 2. The van der Waals surface area contributed by atoms with Gasteiger partial charge in [-0.25, -0.2) is 4.79 Å². The van der Waals surface area contributed by atoms with Crippen LogP contribution in [-0.2, 0) is 11.2 Å². The summed E-state index contributed by atoms with van der Waals surface area (Å²) in [5.41, 5.74) is 1.87. The second-order valence-electron chi connectivity index (χ2n) is 4.80. The number of aryl methyl sites for hydroxylation is 1. The molecule has 108 valence electrons. The van der Waals surface area contributed by atoms with Crippen LogP contribution in [0.5, 0.6) is 0 Å². The minimum Gasteiger partial charge on any atom is -0.428 e. The molecule has 0 bridgehead atoms. The van der Waals surface area contributed by atoms with Crippen molar-refractivity contribution in [3.8, 4) is 0 Å². The van der Waals surface area contributed by atoms with Crippen molar-refractivity contribution >= 4 is 5.97 Å². The van der Waals surface area contributed by atoms with Crippen LogP contribution in [0.1, 0.15) is 35.7 Å². The zero-order valence-corrected chi connectivity index (χ0v) is 12.3. The highest BCUT2D eigenvalue weighted by atomic mass is 16.5. The third-order valence-corrected chi connectivity index (χ3v) is 3.23. The van der Waals surface area contributed by atoms with Crippen molar-refractivity contribution in [3.63, 3.8) is 0 Å². The Balaban J connectivity index is 1.90. The van der Waals surface area contributed by atoms with E-state index in [9.17, 15) is 4.79 Å². The maximum atomic E-state index is 12.0. The highest BCUT2D eigenvalue weighted by Crippen LogP contribution is 2.11. The van der Waals surface area contributed by atoms with Crippen LogP contribution in [0.4, 0.5) is 0 Å². The Morgan fingerprint density at radius 3 is 2.24 bits per heavy atom. The predicted octanol–water partition coefficient (Wildman–Crippen LogP) is 4.77. The van der Waals surface area contributed by atoms with Crippen molar-refractivity contribution in [2.75, 3.05) is 0 Å². The Bertz CT molecular complexity index is 585. The van der Waals surface area contributed by atoms with E-state index >= 15 is 0 Å². The number of carbonyl (C=O) groups excluding carboxylic acids is 1. The van der Waals surface area contributed by atoms with Crippen LogP contribution in [0.15, 0.2) is 72.5 Å². The molecule has 0 saturated heterocycles. The highest BCUT2D eigenvalue weighted by molar-refractivity contribution is 5.89. The van der Waals surface area contributed by atoms with Gasteiger partial charge >= 0.3 is 5.97 Å². The summed E-state index contributed by atoms with van der Waals surface area (Å²) in [7, 11) is 0. The van der Waals surface area contributed by atoms with Gasteiger partial charge in [-0.1, -0.05) is 55.5 Å². The normalized spacial score (nSPS) is 11.2. The largest absolute Gasteiger partial charge is 0.428 e. The average Bonchev–Trinajstić information content (AvgIpc) is 2.55. The van der Waals surface area contributed by atoms with Gasteiger partial charge in [0.05, 0.1) is 5.56 Å². The van der Waals surface area contributed by atoms with E-state index in [0.29, 0.717) is 12.0 Å². The van der Waals surface area contributed by atoms with Crippen molar-refractivity contribution in [3.05, 3.63) is 83.6 Å². The lowest BCUT2D eigenvalue weighted by atomic mass is 10.1. The molecule has 0 N–H and O–H groups in total. The average molecular weight is 280 g/mol. The number of hydrogen-bond acceptors (Lipinski definition) is 2. The summed E-state index contributed by atoms with van der Waals surface area (Å²) in [4.78, 5) is 12.0. The van der Waals surface area contributed by atoms with E-state index in [-0.39, 0.29) is 5.97 Å². The Morgan fingerprint density at radius 2 is 1.62 bits per heavy atom. The molecule has 2 rings (SSSR count). The fraction of sp³-hybridized carbons (Fsp3) is 0.211. The van der Waals surface area contributed by atoms with Crippen molar-refractivity contribution in [1.82, 2.24) is 0 Å². The van der Waals surface area contributed by atoms with Crippen molar-refractivity contribution in [1.29, 1.82) is 0 Å². The third kappa shape index (κ3) is 4.92.